The van der Waals surface area contributed by atoms with E-state index in [1.165, 1.54) is 22.2 Å². The highest BCUT2D eigenvalue weighted by Gasteiger charge is 2.22. The van der Waals surface area contributed by atoms with Gasteiger partial charge in [-0.15, -0.1) is 0 Å². The van der Waals surface area contributed by atoms with Crippen LogP contribution in [0, 0.1) is 0 Å². The van der Waals surface area contributed by atoms with Crippen molar-refractivity contribution in [3.63, 3.8) is 0 Å². The maximum Gasteiger partial charge on any atom is 0.186 e. The Hall–Kier alpha value is -1.59. The Morgan fingerprint density at radius 2 is 2.05 bits per heavy atom. The maximum absolute atomic E-state index is 12.1. The molecule has 2 heterocycles. The second-order valence-electron chi connectivity index (χ2n) is 5.03. The van der Waals surface area contributed by atoms with Gasteiger partial charge in [-0.25, -0.2) is 9.97 Å². The molecule has 0 aliphatic carbocycles. The number of nitrogens with zero attached hydrogens (tertiary/aromatic N) is 2. The SMILES string of the molecule is CSc1nc([O-])c2c(n1)CC[NH+](Cc1ccccc1)C2. The molecular weight excluding hydrogens is 270 g/mol. The van der Waals surface area contributed by atoms with Gasteiger partial charge in [0.05, 0.1) is 12.2 Å². The summed E-state index contributed by atoms with van der Waals surface area (Å²) in [6.07, 6.45) is 2.76. The first-order valence-electron chi connectivity index (χ1n) is 6.74. The monoisotopic (exact) mass is 287 g/mol. The number of hydrogen-bond acceptors (Lipinski definition) is 4. The van der Waals surface area contributed by atoms with Gasteiger partial charge < -0.3 is 10.0 Å². The molecule has 5 heteroatoms. The van der Waals surface area contributed by atoms with Gasteiger partial charge in [0.2, 0.25) is 0 Å². The lowest BCUT2D eigenvalue weighted by molar-refractivity contribution is -0.929. The summed E-state index contributed by atoms with van der Waals surface area (Å²) < 4.78 is 0. The number of thioether (sulfide) groups is 1. The lowest BCUT2D eigenvalue weighted by Gasteiger charge is -2.28. The van der Waals surface area contributed by atoms with E-state index in [1.54, 1.807) is 0 Å². The molecule has 0 bridgehead atoms. The predicted octanol–water partition coefficient (Wildman–Crippen LogP) is 0.413. The van der Waals surface area contributed by atoms with Crippen molar-refractivity contribution in [2.75, 3.05) is 12.8 Å². The van der Waals surface area contributed by atoms with Crippen molar-refractivity contribution in [2.24, 2.45) is 0 Å². The van der Waals surface area contributed by atoms with E-state index < -0.39 is 0 Å². The van der Waals surface area contributed by atoms with Crippen LogP contribution in [-0.4, -0.2) is 22.8 Å². The third-order valence-electron chi connectivity index (χ3n) is 3.66. The molecule has 0 amide bonds. The summed E-state index contributed by atoms with van der Waals surface area (Å²) in [5, 5.41) is 12.7. The van der Waals surface area contributed by atoms with Crippen LogP contribution in [0.1, 0.15) is 16.8 Å². The van der Waals surface area contributed by atoms with Crippen LogP contribution in [0.25, 0.3) is 0 Å². The lowest BCUT2D eigenvalue weighted by Crippen LogP contribution is -3.10. The molecule has 1 atom stereocenters. The highest BCUT2D eigenvalue weighted by atomic mass is 32.2. The fraction of sp³-hybridized carbons (Fsp3) is 0.333. The van der Waals surface area contributed by atoms with Crippen LogP contribution >= 0.6 is 11.8 Å². The molecular formula is C15H17N3OS. The van der Waals surface area contributed by atoms with Crippen molar-refractivity contribution in [2.45, 2.75) is 24.7 Å². The summed E-state index contributed by atoms with van der Waals surface area (Å²) >= 11 is 1.43. The van der Waals surface area contributed by atoms with E-state index in [-0.39, 0.29) is 5.88 Å². The molecule has 20 heavy (non-hydrogen) atoms. The molecule has 0 spiro atoms. The van der Waals surface area contributed by atoms with Crippen LogP contribution in [0.2, 0.25) is 0 Å². The van der Waals surface area contributed by atoms with Gasteiger partial charge >= 0.3 is 0 Å². The molecule has 3 rings (SSSR count). The minimum Gasteiger partial charge on any atom is -0.858 e. The number of benzene rings is 1. The fourth-order valence-corrected chi connectivity index (χ4v) is 3.01. The third-order valence-corrected chi connectivity index (χ3v) is 4.20. The van der Waals surface area contributed by atoms with Crippen molar-refractivity contribution in [3.05, 3.63) is 47.2 Å². The summed E-state index contributed by atoms with van der Waals surface area (Å²) in [6, 6.07) is 10.4. The second kappa shape index (κ2) is 5.81. The van der Waals surface area contributed by atoms with Crippen molar-refractivity contribution in [1.29, 1.82) is 0 Å². The van der Waals surface area contributed by atoms with Crippen molar-refractivity contribution < 1.29 is 10.0 Å². The first kappa shape index (κ1) is 13.4. The summed E-state index contributed by atoms with van der Waals surface area (Å²) in [5.41, 5.74) is 3.06. The number of nitrogens with one attached hydrogen (secondary N) is 1. The molecule has 2 aromatic rings. The lowest BCUT2D eigenvalue weighted by atomic mass is 10.1. The Kier molecular flexibility index (Phi) is 3.89. The van der Waals surface area contributed by atoms with Gasteiger partial charge in [0.15, 0.2) is 5.16 Å². The zero-order valence-corrected chi connectivity index (χ0v) is 12.2. The molecule has 0 fully saturated rings. The molecule has 4 nitrogen and oxygen atoms in total. The van der Waals surface area contributed by atoms with Crippen LogP contribution in [-0.2, 0) is 19.5 Å². The number of hydrogen-bond donors (Lipinski definition) is 1. The van der Waals surface area contributed by atoms with E-state index in [9.17, 15) is 5.11 Å². The number of quaternary nitrogens is 1. The largest absolute Gasteiger partial charge is 0.858 e. The van der Waals surface area contributed by atoms with Gasteiger partial charge in [-0.05, 0) is 6.26 Å². The van der Waals surface area contributed by atoms with Crippen LogP contribution in [0.5, 0.6) is 5.88 Å². The van der Waals surface area contributed by atoms with Crippen molar-refractivity contribution >= 4 is 11.8 Å². The van der Waals surface area contributed by atoms with Crippen LogP contribution < -0.4 is 10.0 Å². The Morgan fingerprint density at radius 3 is 2.80 bits per heavy atom. The molecule has 1 N–H and O–H groups in total. The maximum atomic E-state index is 12.1. The molecule has 1 aliphatic heterocycles. The zero-order valence-electron chi connectivity index (χ0n) is 11.4. The zero-order chi connectivity index (χ0) is 13.9. The highest BCUT2D eigenvalue weighted by molar-refractivity contribution is 7.98. The van der Waals surface area contributed by atoms with Gasteiger partial charge in [-0.1, -0.05) is 42.1 Å². The molecule has 1 aromatic heterocycles. The second-order valence-corrected chi connectivity index (χ2v) is 5.80. The van der Waals surface area contributed by atoms with E-state index in [2.05, 4.69) is 34.2 Å². The number of aromatic nitrogens is 2. The van der Waals surface area contributed by atoms with E-state index in [0.29, 0.717) is 5.16 Å². The summed E-state index contributed by atoms with van der Waals surface area (Å²) in [4.78, 5) is 9.91. The third kappa shape index (κ3) is 2.78. The van der Waals surface area contributed by atoms with E-state index >= 15 is 0 Å². The molecule has 1 unspecified atom stereocenters. The molecule has 1 aromatic carbocycles. The normalized spacial score (nSPS) is 17.8. The molecule has 0 radical (unpaired) electrons. The number of rotatable bonds is 3. The van der Waals surface area contributed by atoms with Crippen LogP contribution in [0.3, 0.4) is 0 Å². The Morgan fingerprint density at radius 1 is 1.25 bits per heavy atom. The quantitative estimate of drug-likeness (QED) is 0.656. The molecule has 104 valence electrons. The molecule has 1 aliphatic rings. The van der Waals surface area contributed by atoms with Gasteiger partial charge in [0.25, 0.3) is 0 Å². The summed E-state index contributed by atoms with van der Waals surface area (Å²) in [7, 11) is 0. The Balaban J connectivity index is 1.78. The topological polar surface area (TPSA) is 53.3 Å². The Bertz CT molecular complexity index is 604. The highest BCUT2D eigenvalue weighted by Crippen LogP contribution is 2.20. The Labute approximate surface area is 122 Å². The van der Waals surface area contributed by atoms with Crippen molar-refractivity contribution in [3.8, 4) is 5.88 Å². The average molecular weight is 287 g/mol. The fourth-order valence-electron chi connectivity index (χ4n) is 2.63. The van der Waals surface area contributed by atoms with E-state index in [1.807, 2.05) is 12.3 Å². The van der Waals surface area contributed by atoms with E-state index in [4.69, 9.17) is 0 Å². The van der Waals surface area contributed by atoms with Gasteiger partial charge in [0, 0.05) is 23.4 Å². The molecule has 0 saturated heterocycles. The van der Waals surface area contributed by atoms with Gasteiger partial charge in [0.1, 0.15) is 13.1 Å². The number of fused-ring (bicyclic) bond motifs is 1. The first-order valence-corrected chi connectivity index (χ1v) is 7.97. The smallest absolute Gasteiger partial charge is 0.186 e. The predicted molar refractivity (Wildman–Crippen MR) is 76.6 cm³/mol. The minimum absolute atomic E-state index is 0.0930. The van der Waals surface area contributed by atoms with Gasteiger partial charge in [-0.3, -0.25) is 0 Å². The van der Waals surface area contributed by atoms with Crippen LogP contribution in [0.15, 0.2) is 35.5 Å². The standard InChI is InChI=1S/C15H17N3OS/c1-20-15-16-13-7-8-18(10-12(13)14(19)17-15)9-11-5-3-2-4-6-11/h2-6H,7-10H2,1H3,(H,16,17,19). The summed E-state index contributed by atoms with van der Waals surface area (Å²) in [5.74, 6) is -0.0930. The van der Waals surface area contributed by atoms with E-state index in [0.717, 1.165) is 37.3 Å². The summed E-state index contributed by atoms with van der Waals surface area (Å²) in [6.45, 7) is 2.70. The van der Waals surface area contributed by atoms with Crippen LogP contribution in [0.4, 0.5) is 0 Å². The van der Waals surface area contributed by atoms with Gasteiger partial charge in [-0.2, -0.15) is 0 Å². The molecule has 0 saturated carbocycles. The van der Waals surface area contributed by atoms with Crippen molar-refractivity contribution in [1.82, 2.24) is 9.97 Å². The average Bonchev–Trinajstić information content (AvgIpc) is 2.48. The minimum atomic E-state index is -0.0930. The first-order chi connectivity index (χ1) is 9.76.